The predicted molar refractivity (Wildman–Crippen MR) is 114 cm³/mol. The molecule has 0 saturated carbocycles. The third kappa shape index (κ3) is 3.66. The van der Waals surface area contributed by atoms with Crippen molar-refractivity contribution in [3.8, 4) is 11.1 Å². The number of halogens is 1. The first-order valence-corrected chi connectivity index (χ1v) is 10.2. The van der Waals surface area contributed by atoms with Crippen LogP contribution in [0.15, 0.2) is 36.7 Å². The van der Waals surface area contributed by atoms with Gasteiger partial charge in [-0.1, -0.05) is 12.1 Å². The first-order valence-electron chi connectivity index (χ1n) is 9.10. The maximum Gasteiger partial charge on any atom is 0.138 e. The van der Waals surface area contributed by atoms with Gasteiger partial charge in [0.25, 0.3) is 0 Å². The topological polar surface area (TPSA) is 41.2 Å². The number of hydrogen-bond acceptors (Lipinski definition) is 3. The van der Waals surface area contributed by atoms with Crippen molar-refractivity contribution in [1.82, 2.24) is 14.9 Å². The van der Waals surface area contributed by atoms with Crippen molar-refractivity contribution in [2.75, 3.05) is 27.3 Å². The monoisotopic (exact) mass is 461 g/mol. The molecular formula is C21H24IN3O. The van der Waals surface area contributed by atoms with Crippen molar-refractivity contribution in [3.63, 3.8) is 0 Å². The van der Waals surface area contributed by atoms with Crippen LogP contribution in [0.5, 0.6) is 0 Å². The fourth-order valence-corrected chi connectivity index (χ4v) is 4.37. The zero-order chi connectivity index (χ0) is 18.1. The number of nitrogens with zero attached hydrogens (tertiary/aromatic N) is 2. The van der Waals surface area contributed by atoms with E-state index in [1.165, 1.54) is 31.2 Å². The normalized spacial score (nSPS) is 15.8. The number of ether oxygens (including phenoxy) is 1. The van der Waals surface area contributed by atoms with E-state index in [0.717, 1.165) is 38.2 Å². The van der Waals surface area contributed by atoms with Crippen LogP contribution in [-0.4, -0.2) is 42.2 Å². The van der Waals surface area contributed by atoms with Gasteiger partial charge in [-0.2, -0.15) is 0 Å². The highest BCUT2D eigenvalue weighted by molar-refractivity contribution is 14.1. The second-order valence-electron chi connectivity index (χ2n) is 7.29. The van der Waals surface area contributed by atoms with Crippen LogP contribution in [0.3, 0.4) is 0 Å². The highest BCUT2D eigenvalue weighted by atomic mass is 127. The lowest BCUT2D eigenvalue weighted by Gasteiger charge is -2.26. The molecule has 1 saturated heterocycles. The van der Waals surface area contributed by atoms with Crippen molar-refractivity contribution in [2.45, 2.75) is 25.3 Å². The number of aromatic nitrogens is 2. The maximum absolute atomic E-state index is 5.56. The summed E-state index contributed by atoms with van der Waals surface area (Å²) in [6.07, 6.45) is 6.22. The molecule has 26 heavy (non-hydrogen) atoms. The summed E-state index contributed by atoms with van der Waals surface area (Å²) in [6.45, 7) is 2.71. The highest BCUT2D eigenvalue weighted by Gasteiger charge is 2.19. The minimum Gasteiger partial charge on any atom is -0.381 e. The van der Waals surface area contributed by atoms with E-state index >= 15 is 0 Å². The Morgan fingerprint density at radius 3 is 2.77 bits per heavy atom. The van der Waals surface area contributed by atoms with E-state index in [-0.39, 0.29) is 0 Å². The van der Waals surface area contributed by atoms with Crippen LogP contribution in [0.25, 0.3) is 22.2 Å². The van der Waals surface area contributed by atoms with Crippen molar-refractivity contribution >= 4 is 33.6 Å². The molecule has 3 aromatic rings. The molecule has 0 unspecified atom stereocenters. The Balaban J connectivity index is 1.74. The van der Waals surface area contributed by atoms with Crippen molar-refractivity contribution in [3.05, 3.63) is 51.4 Å². The molecule has 1 aliphatic rings. The fraction of sp³-hybridized carbons (Fsp3) is 0.381. The van der Waals surface area contributed by atoms with Crippen molar-refractivity contribution < 1.29 is 4.74 Å². The molecule has 1 fully saturated rings. The molecule has 5 heteroatoms. The molecule has 2 aromatic heterocycles. The molecule has 4 nitrogen and oxygen atoms in total. The van der Waals surface area contributed by atoms with Gasteiger partial charge < -0.3 is 14.6 Å². The second-order valence-corrected chi connectivity index (χ2v) is 8.46. The number of fused-ring (bicyclic) bond motifs is 1. The summed E-state index contributed by atoms with van der Waals surface area (Å²) in [5.74, 6) is 0.610. The molecule has 1 aliphatic heterocycles. The van der Waals surface area contributed by atoms with Crippen LogP contribution in [0.1, 0.15) is 29.9 Å². The van der Waals surface area contributed by atoms with Crippen LogP contribution in [-0.2, 0) is 11.3 Å². The molecule has 3 heterocycles. The number of pyridine rings is 1. The lowest BCUT2D eigenvalue weighted by atomic mass is 9.86. The van der Waals surface area contributed by atoms with Gasteiger partial charge in [-0.25, -0.2) is 4.98 Å². The maximum atomic E-state index is 5.56. The molecule has 0 amide bonds. The molecule has 1 N–H and O–H groups in total. The quantitative estimate of drug-likeness (QED) is 0.569. The summed E-state index contributed by atoms with van der Waals surface area (Å²) in [6, 6.07) is 9.18. The van der Waals surface area contributed by atoms with Gasteiger partial charge in [-0.15, -0.1) is 0 Å². The van der Waals surface area contributed by atoms with Crippen LogP contribution in [0.2, 0.25) is 0 Å². The Morgan fingerprint density at radius 2 is 2.00 bits per heavy atom. The van der Waals surface area contributed by atoms with Crippen molar-refractivity contribution in [1.29, 1.82) is 0 Å². The lowest BCUT2D eigenvalue weighted by molar-refractivity contribution is 0.0850. The average Bonchev–Trinajstić information content (AvgIpc) is 3.02. The summed E-state index contributed by atoms with van der Waals surface area (Å²) >= 11 is 2.36. The number of rotatable bonds is 4. The molecule has 4 rings (SSSR count). The Labute approximate surface area is 168 Å². The molecule has 0 bridgehead atoms. The van der Waals surface area contributed by atoms with Gasteiger partial charge in [-0.3, -0.25) is 0 Å². The van der Waals surface area contributed by atoms with Crippen LogP contribution in [0.4, 0.5) is 0 Å². The number of nitrogens with one attached hydrogen (secondary N) is 1. The summed E-state index contributed by atoms with van der Waals surface area (Å²) in [7, 11) is 4.27. The molecule has 0 radical (unpaired) electrons. The van der Waals surface area contributed by atoms with Gasteiger partial charge in [0.1, 0.15) is 5.65 Å². The summed E-state index contributed by atoms with van der Waals surface area (Å²) in [5, 5.41) is 1.19. The molecule has 0 atom stereocenters. The Kier molecular flexibility index (Phi) is 5.29. The minimum atomic E-state index is 0.610. The Hall–Kier alpha value is -1.44. The van der Waals surface area contributed by atoms with Gasteiger partial charge in [-0.05, 0) is 84.3 Å². The Morgan fingerprint density at radius 1 is 1.19 bits per heavy atom. The number of H-pyrrole nitrogens is 1. The molecule has 136 valence electrons. The first kappa shape index (κ1) is 17.9. The number of aromatic amines is 1. The summed E-state index contributed by atoms with van der Waals surface area (Å²) in [4.78, 5) is 10.1. The van der Waals surface area contributed by atoms with E-state index in [0.29, 0.717) is 5.92 Å². The smallest absolute Gasteiger partial charge is 0.138 e. The average molecular weight is 461 g/mol. The van der Waals surface area contributed by atoms with Gasteiger partial charge in [0.2, 0.25) is 0 Å². The lowest BCUT2D eigenvalue weighted by Crippen LogP contribution is -2.18. The summed E-state index contributed by atoms with van der Waals surface area (Å²) in [5.41, 5.74) is 6.27. The summed E-state index contributed by atoms with van der Waals surface area (Å²) < 4.78 is 6.76. The molecule has 1 aromatic carbocycles. The van der Waals surface area contributed by atoms with Gasteiger partial charge in [0.05, 0.1) is 0 Å². The van der Waals surface area contributed by atoms with Crippen LogP contribution < -0.4 is 0 Å². The third-order valence-corrected chi connectivity index (χ3v) is 6.00. The zero-order valence-corrected chi connectivity index (χ0v) is 17.4. The van der Waals surface area contributed by atoms with E-state index in [2.05, 4.69) is 75.8 Å². The van der Waals surface area contributed by atoms with E-state index < -0.39 is 0 Å². The van der Waals surface area contributed by atoms with E-state index in [1.54, 1.807) is 0 Å². The van der Waals surface area contributed by atoms with Gasteiger partial charge >= 0.3 is 0 Å². The van der Waals surface area contributed by atoms with Crippen LogP contribution in [0, 0.1) is 3.57 Å². The third-order valence-electron chi connectivity index (χ3n) is 5.10. The number of benzene rings is 1. The zero-order valence-electron chi connectivity index (χ0n) is 15.3. The van der Waals surface area contributed by atoms with E-state index in [9.17, 15) is 0 Å². The molecular weight excluding hydrogens is 437 g/mol. The largest absolute Gasteiger partial charge is 0.381 e. The second kappa shape index (κ2) is 7.66. The standard InChI is InChI=1S/C21H24IN3O/c1-25(2)13-17-9-15(3-4-18(17)14-5-7-26-8-6-14)16-10-19-20(22)12-24-21(19)23-11-16/h3-4,9-12,14H,5-8,13H2,1-2H3,(H,23,24). The van der Waals surface area contributed by atoms with E-state index in [1.807, 2.05) is 12.4 Å². The SMILES string of the molecule is CN(C)Cc1cc(-c2cnc3[nH]cc(I)c3c2)ccc1C1CCOCC1. The van der Waals surface area contributed by atoms with Gasteiger partial charge in [0, 0.05) is 46.7 Å². The first-order chi connectivity index (χ1) is 12.6. The van der Waals surface area contributed by atoms with Crippen LogP contribution >= 0.6 is 22.6 Å². The predicted octanol–water partition coefficient (Wildman–Crippen LogP) is 4.79. The molecule has 0 spiro atoms. The minimum absolute atomic E-state index is 0.610. The number of hydrogen-bond donors (Lipinski definition) is 1. The Bertz CT molecular complexity index is 913. The molecule has 0 aliphatic carbocycles. The fourth-order valence-electron chi connectivity index (χ4n) is 3.80. The van der Waals surface area contributed by atoms with Gasteiger partial charge in [0.15, 0.2) is 0 Å². The highest BCUT2D eigenvalue weighted by Crippen LogP contribution is 2.33. The van der Waals surface area contributed by atoms with E-state index in [4.69, 9.17) is 4.74 Å². The van der Waals surface area contributed by atoms with Crippen molar-refractivity contribution in [2.24, 2.45) is 0 Å².